The monoisotopic (exact) mass is 340 g/mol. The van der Waals surface area contributed by atoms with Crippen molar-refractivity contribution in [2.45, 2.75) is 13.8 Å². The maximum Gasteiger partial charge on any atom is 0.266 e. The number of carbonyl (C=O) groups is 1. The van der Waals surface area contributed by atoms with Gasteiger partial charge < -0.3 is 0 Å². The molecule has 0 saturated carbocycles. The summed E-state index contributed by atoms with van der Waals surface area (Å²) in [6, 6.07) is 12.0. The van der Waals surface area contributed by atoms with Crippen molar-refractivity contribution in [1.82, 2.24) is 4.90 Å². The lowest BCUT2D eigenvalue weighted by Crippen LogP contribution is -2.23. The van der Waals surface area contributed by atoms with Gasteiger partial charge in [0.2, 0.25) is 0 Å². The van der Waals surface area contributed by atoms with Crippen molar-refractivity contribution in [2.24, 2.45) is 4.99 Å². The lowest BCUT2D eigenvalue weighted by molar-refractivity contribution is -0.121. The third-order valence-electron chi connectivity index (χ3n) is 3.89. The highest BCUT2D eigenvalue weighted by Crippen LogP contribution is 2.33. The number of benzene rings is 2. The molecule has 5 heteroatoms. The second-order valence-corrected chi connectivity index (χ2v) is 6.70. The summed E-state index contributed by atoms with van der Waals surface area (Å²) in [6.45, 7) is 4.09. The van der Waals surface area contributed by atoms with E-state index in [1.807, 2.05) is 25.1 Å². The number of thioether (sulfide) groups is 1. The Hall–Kier alpha value is -2.40. The number of hydrogen-bond acceptors (Lipinski definition) is 3. The minimum atomic E-state index is -0.295. The Morgan fingerprint density at radius 3 is 2.46 bits per heavy atom. The maximum atomic E-state index is 13.0. The summed E-state index contributed by atoms with van der Waals surface area (Å²) in [7, 11) is 1.71. The Kier molecular flexibility index (Phi) is 4.53. The van der Waals surface area contributed by atoms with Crippen molar-refractivity contribution in [3.05, 3.63) is 69.9 Å². The summed E-state index contributed by atoms with van der Waals surface area (Å²) in [5.74, 6) is -0.399. The first-order valence-electron chi connectivity index (χ1n) is 7.53. The Balaban J connectivity index is 1.89. The Morgan fingerprint density at radius 2 is 1.79 bits per heavy atom. The molecule has 0 aromatic heterocycles. The SMILES string of the molecule is Cc1ccc(N=C2S/C(=C/c3ccc(F)cc3)C(=O)N2C)cc1C. The van der Waals surface area contributed by atoms with Gasteiger partial charge in [-0.3, -0.25) is 9.69 Å². The lowest BCUT2D eigenvalue weighted by Gasteiger charge is -2.08. The molecule has 3 rings (SSSR count). The lowest BCUT2D eigenvalue weighted by atomic mass is 10.1. The molecule has 0 unspecified atom stereocenters. The number of halogens is 1. The third-order valence-corrected chi connectivity index (χ3v) is 4.95. The highest BCUT2D eigenvalue weighted by Gasteiger charge is 2.30. The van der Waals surface area contributed by atoms with E-state index < -0.39 is 0 Å². The van der Waals surface area contributed by atoms with Gasteiger partial charge >= 0.3 is 0 Å². The van der Waals surface area contributed by atoms with Crippen LogP contribution in [0.5, 0.6) is 0 Å². The van der Waals surface area contributed by atoms with Crippen LogP contribution in [0.25, 0.3) is 6.08 Å². The average Bonchev–Trinajstić information content (AvgIpc) is 2.81. The summed E-state index contributed by atoms with van der Waals surface area (Å²) in [5, 5.41) is 0.636. The van der Waals surface area contributed by atoms with E-state index in [1.54, 1.807) is 25.3 Å². The molecule has 2 aromatic rings. The summed E-state index contributed by atoms with van der Waals surface area (Å²) in [4.78, 5) is 19.1. The van der Waals surface area contributed by atoms with E-state index in [0.717, 1.165) is 16.8 Å². The largest absolute Gasteiger partial charge is 0.290 e. The van der Waals surface area contributed by atoms with Gasteiger partial charge in [0.1, 0.15) is 5.82 Å². The fourth-order valence-corrected chi connectivity index (χ4v) is 3.25. The molecule has 3 nitrogen and oxygen atoms in total. The standard InChI is InChI=1S/C19H17FN2OS/c1-12-4-9-16(10-13(12)2)21-19-22(3)18(23)17(24-19)11-14-5-7-15(20)8-6-14/h4-11H,1-3H3/b17-11+,21-19?. The van der Waals surface area contributed by atoms with E-state index in [0.29, 0.717) is 10.1 Å². The molecule has 0 N–H and O–H groups in total. The molecule has 1 aliphatic heterocycles. The van der Waals surface area contributed by atoms with E-state index in [2.05, 4.69) is 11.9 Å². The van der Waals surface area contributed by atoms with Crippen LogP contribution in [0.2, 0.25) is 0 Å². The van der Waals surface area contributed by atoms with E-state index in [1.165, 1.54) is 34.4 Å². The number of amides is 1. The quantitative estimate of drug-likeness (QED) is 0.744. The van der Waals surface area contributed by atoms with Gasteiger partial charge in [-0.15, -0.1) is 0 Å². The molecule has 1 saturated heterocycles. The Labute approximate surface area is 144 Å². The zero-order chi connectivity index (χ0) is 17.3. The second kappa shape index (κ2) is 6.61. The topological polar surface area (TPSA) is 32.7 Å². The van der Waals surface area contributed by atoms with Crippen molar-refractivity contribution in [3.8, 4) is 0 Å². The average molecular weight is 340 g/mol. The molecule has 0 aliphatic carbocycles. The fourth-order valence-electron chi connectivity index (χ4n) is 2.27. The highest BCUT2D eigenvalue weighted by atomic mass is 32.2. The van der Waals surface area contributed by atoms with Crippen LogP contribution < -0.4 is 0 Å². The molecule has 1 amide bonds. The first-order valence-corrected chi connectivity index (χ1v) is 8.35. The van der Waals surface area contributed by atoms with Crippen LogP contribution >= 0.6 is 11.8 Å². The molecule has 1 heterocycles. The van der Waals surface area contributed by atoms with Gasteiger partial charge in [0.05, 0.1) is 10.6 Å². The molecule has 0 spiro atoms. The fraction of sp³-hybridized carbons (Fsp3) is 0.158. The Bertz CT molecular complexity index is 856. The molecular formula is C19H17FN2OS. The first kappa shape index (κ1) is 16.5. The molecular weight excluding hydrogens is 323 g/mol. The van der Waals surface area contributed by atoms with Crippen molar-refractivity contribution >= 4 is 34.6 Å². The Morgan fingerprint density at radius 1 is 1.08 bits per heavy atom. The number of rotatable bonds is 2. The summed E-state index contributed by atoms with van der Waals surface area (Å²) >= 11 is 1.32. The van der Waals surface area contributed by atoms with Gasteiger partial charge in [-0.1, -0.05) is 18.2 Å². The van der Waals surface area contributed by atoms with E-state index in [9.17, 15) is 9.18 Å². The molecule has 24 heavy (non-hydrogen) atoms. The van der Waals surface area contributed by atoms with Gasteiger partial charge in [0, 0.05) is 7.05 Å². The predicted octanol–water partition coefficient (Wildman–Crippen LogP) is 4.68. The van der Waals surface area contributed by atoms with Gasteiger partial charge in [0.15, 0.2) is 5.17 Å². The van der Waals surface area contributed by atoms with Crippen LogP contribution in [0, 0.1) is 19.7 Å². The zero-order valence-corrected chi connectivity index (χ0v) is 14.5. The molecule has 0 bridgehead atoms. The van der Waals surface area contributed by atoms with E-state index in [4.69, 9.17) is 0 Å². The van der Waals surface area contributed by atoms with Crippen molar-refractivity contribution in [2.75, 3.05) is 7.05 Å². The number of likely N-dealkylation sites (N-methyl/N-ethyl adjacent to an activating group) is 1. The van der Waals surface area contributed by atoms with Gasteiger partial charge in [0.25, 0.3) is 5.91 Å². The van der Waals surface area contributed by atoms with Crippen molar-refractivity contribution in [3.63, 3.8) is 0 Å². The number of aliphatic imine (C=N–C) groups is 1. The summed E-state index contributed by atoms with van der Waals surface area (Å²) in [5.41, 5.74) is 3.98. The van der Waals surface area contributed by atoms with E-state index >= 15 is 0 Å². The number of carbonyl (C=O) groups excluding carboxylic acids is 1. The predicted molar refractivity (Wildman–Crippen MR) is 97.7 cm³/mol. The van der Waals surface area contributed by atoms with Crippen LogP contribution in [0.15, 0.2) is 52.4 Å². The van der Waals surface area contributed by atoms with Crippen LogP contribution in [-0.2, 0) is 4.79 Å². The van der Waals surface area contributed by atoms with Crippen LogP contribution in [0.3, 0.4) is 0 Å². The molecule has 2 aromatic carbocycles. The van der Waals surface area contributed by atoms with Crippen LogP contribution in [0.1, 0.15) is 16.7 Å². The number of hydrogen-bond donors (Lipinski definition) is 0. The van der Waals surface area contributed by atoms with Crippen molar-refractivity contribution < 1.29 is 9.18 Å². The number of aryl methyl sites for hydroxylation is 2. The third kappa shape index (κ3) is 3.41. The second-order valence-electron chi connectivity index (χ2n) is 5.69. The maximum absolute atomic E-state index is 13.0. The zero-order valence-electron chi connectivity index (χ0n) is 13.7. The summed E-state index contributed by atoms with van der Waals surface area (Å²) < 4.78 is 13.0. The highest BCUT2D eigenvalue weighted by molar-refractivity contribution is 8.18. The first-order chi connectivity index (χ1) is 11.4. The van der Waals surface area contributed by atoms with Gasteiger partial charge in [-0.05, 0) is 72.6 Å². The molecule has 1 aliphatic rings. The minimum Gasteiger partial charge on any atom is -0.290 e. The van der Waals surface area contributed by atoms with Gasteiger partial charge in [-0.2, -0.15) is 0 Å². The normalized spacial score (nSPS) is 18.0. The van der Waals surface area contributed by atoms with Crippen LogP contribution in [0.4, 0.5) is 10.1 Å². The molecule has 0 radical (unpaired) electrons. The number of amidine groups is 1. The van der Waals surface area contributed by atoms with Gasteiger partial charge in [-0.25, -0.2) is 9.38 Å². The minimum absolute atomic E-state index is 0.105. The summed E-state index contributed by atoms with van der Waals surface area (Å²) in [6.07, 6.45) is 1.76. The van der Waals surface area contributed by atoms with Crippen LogP contribution in [-0.4, -0.2) is 23.0 Å². The smallest absolute Gasteiger partial charge is 0.266 e. The van der Waals surface area contributed by atoms with E-state index in [-0.39, 0.29) is 11.7 Å². The number of nitrogens with zero attached hydrogens (tertiary/aromatic N) is 2. The molecule has 1 fully saturated rings. The molecule has 122 valence electrons. The molecule has 0 atom stereocenters. The van der Waals surface area contributed by atoms with Crippen molar-refractivity contribution in [1.29, 1.82) is 0 Å².